The molecule has 1 aromatic carbocycles. The van der Waals surface area contributed by atoms with Crippen molar-refractivity contribution in [3.8, 4) is 0 Å². The van der Waals surface area contributed by atoms with Crippen molar-refractivity contribution >= 4 is 22.5 Å². The number of hydrogen-bond acceptors (Lipinski definition) is 1. The molecule has 1 unspecified atom stereocenters. The Kier molecular flexibility index (Phi) is 2.23. The smallest absolute Gasteiger partial charge is 0.0659 e. The second kappa shape index (κ2) is 3.51. The molecule has 2 aromatic rings. The number of fused-ring (bicyclic) bond motifs is 1. The molecule has 2 nitrogen and oxygen atoms in total. The zero-order valence-electron chi connectivity index (χ0n) is 9.31. The van der Waals surface area contributed by atoms with Gasteiger partial charge in [0.1, 0.15) is 0 Å². The lowest BCUT2D eigenvalue weighted by atomic mass is 9.89. The average Bonchev–Trinajstić information content (AvgIpc) is 2.87. The first-order chi connectivity index (χ1) is 7.71. The maximum atomic E-state index is 6.15. The summed E-state index contributed by atoms with van der Waals surface area (Å²) >= 11 is 6.15. The van der Waals surface area contributed by atoms with Gasteiger partial charge in [-0.2, -0.15) is 0 Å². The minimum absolute atomic E-state index is 0.0910. The summed E-state index contributed by atoms with van der Waals surface area (Å²) in [5, 5.41) is 5.51. The molecule has 84 valence electrons. The maximum absolute atomic E-state index is 6.15. The van der Waals surface area contributed by atoms with Gasteiger partial charge in [-0.15, -0.1) is 0 Å². The van der Waals surface area contributed by atoms with Crippen LogP contribution >= 0.6 is 11.6 Å². The van der Waals surface area contributed by atoms with E-state index in [2.05, 4.69) is 35.4 Å². The molecule has 1 atom stereocenters. The number of aromatic amines is 1. The van der Waals surface area contributed by atoms with Gasteiger partial charge in [0.2, 0.25) is 0 Å². The Bertz CT molecular complexity index is 524. The highest BCUT2D eigenvalue weighted by atomic mass is 35.5. The molecule has 0 amide bonds. The summed E-state index contributed by atoms with van der Waals surface area (Å²) in [7, 11) is 0. The highest BCUT2D eigenvalue weighted by Gasteiger charge is 2.31. The highest BCUT2D eigenvalue weighted by molar-refractivity contribution is 6.35. The molecule has 3 heteroatoms. The molecular formula is C13H15ClN2. The number of aromatic nitrogens is 1. The first-order valence-electron chi connectivity index (χ1n) is 5.72. The number of rotatable bonds is 1. The van der Waals surface area contributed by atoms with Crippen LogP contribution < -0.4 is 5.32 Å². The van der Waals surface area contributed by atoms with Gasteiger partial charge in [0.05, 0.1) is 10.5 Å². The van der Waals surface area contributed by atoms with Crippen LogP contribution in [0.2, 0.25) is 5.02 Å². The lowest BCUT2D eigenvalue weighted by Crippen LogP contribution is -2.33. The van der Waals surface area contributed by atoms with E-state index < -0.39 is 0 Å². The van der Waals surface area contributed by atoms with Crippen LogP contribution in [0.1, 0.15) is 25.3 Å². The molecule has 0 aliphatic carbocycles. The Hall–Kier alpha value is -0.990. The molecule has 1 aromatic heterocycles. The predicted octanol–water partition coefficient (Wildman–Crippen LogP) is 3.42. The summed E-state index contributed by atoms with van der Waals surface area (Å²) in [6.45, 7) is 3.37. The predicted molar refractivity (Wildman–Crippen MR) is 67.9 cm³/mol. The van der Waals surface area contributed by atoms with E-state index in [4.69, 9.17) is 11.6 Å². The third-order valence-corrected chi connectivity index (χ3v) is 3.94. The molecule has 0 radical (unpaired) electrons. The van der Waals surface area contributed by atoms with Gasteiger partial charge in [0.25, 0.3) is 0 Å². The summed E-state index contributed by atoms with van der Waals surface area (Å²) in [5.74, 6) is 0. The average molecular weight is 235 g/mol. The van der Waals surface area contributed by atoms with Crippen LogP contribution in [0.5, 0.6) is 0 Å². The molecule has 2 N–H and O–H groups in total. The van der Waals surface area contributed by atoms with Gasteiger partial charge in [-0.3, -0.25) is 0 Å². The van der Waals surface area contributed by atoms with Crippen LogP contribution in [-0.2, 0) is 5.54 Å². The Labute approximate surface area is 100.0 Å². The minimum Gasteiger partial charge on any atom is -0.359 e. The number of hydrogen-bond donors (Lipinski definition) is 2. The largest absolute Gasteiger partial charge is 0.359 e. The summed E-state index contributed by atoms with van der Waals surface area (Å²) in [4.78, 5) is 3.29. The van der Waals surface area contributed by atoms with Crippen LogP contribution in [-0.4, -0.2) is 11.5 Å². The van der Waals surface area contributed by atoms with E-state index in [-0.39, 0.29) is 5.54 Å². The molecule has 16 heavy (non-hydrogen) atoms. The lowest BCUT2D eigenvalue weighted by molar-refractivity contribution is 0.438. The fourth-order valence-electron chi connectivity index (χ4n) is 2.70. The minimum atomic E-state index is 0.0910. The molecule has 1 saturated heterocycles. The van der Waals surface area contributed by atoms with Crippen LogP contribution in [0.15, 0.2) is 24.4 Å². The van der Waals surface area contributed by atoms with Crippen molar-refractivity contribution < 1.29 is 0 Å². The van der Waals surface area contributed by atoms with E-state index in [0.29, 0.717) is 0 Å². The van der Waals surface area contributed by atoms with Crippen LogP contribution in [0.4, 0.5) is 0 Å². The van der Waals surface area contributed by atoms with Gasteiger partial charge < -0.3 is 10.3 Å². The number of benzene rings is 1. The van der Waals surface area contributed by atoms with Gasteiger partial charge in [-0.05, 0) is 31.9 Å². The fourth-order valence-corrected chi connectivity index (χ4v) is 2.92. The van der Waals surface area contributed by atoms with E-state index in [9.17, 15) is 0 Å². The summed E-state index contributed by atoms with van der Waals surface area (Å²) < 4.78 is 0. The first-order valence-corrected chi connectivity index (χ1v) is 6.10. The third kappa shape index (κ3) is 1.37. The molecule has 1 aliphatic rings. The Balaban J connectivity index is 2.23. The normalized spacial score (nSPS) is 25.4. The van der Waals surface area contributed by atoms with Crippen LogP contribution in [0.25, 0.3) is 10.9 Å². The molecule has 0 bridgehead atoms. The lowest BCUT2D eigenvalue weighted by Gasteiger charge is -2.25. The quantitative estimate of drug-likeness (QED) is 0.778. The van der Waals surface area contributed by atoms with Gasteiger partial charge in [0, 0.05) is 17.1 Å². The zero-order chi connectivity index (χ0) is 11.2. The third-order valence-electron chi connectivity index (χ3n) is 3.63. The summed E-state index contributed by atoms with van der Waals surface area (Å²) in [6, 6.07) is 6.34. The van der Waals surface area contributed by atoms with E-state index in [0.717, 1.165) is 17.0 Å². The Morgan fingerprint density at radius 3 is 3.00 bits per heavy atom. The maximum Gasteiger partial charge on any atom is 0.0659 e. The van der Waals surface area contributed by atoms with Gasteiger partial charge in [0.15, 0.2) is 0 Å². The molecule has 2 heterocycles. The van der Waals surface area contributed by atoms with E-state index in [1.54, 1.807) is 0 Å². The Morgan fingerprint density at radius 2 is 2.25 bits per heavy atom. The second-order valence-corrected chi connectivity index (χ2v) is 5.13. The monoisotopic (exact) mass is 234 g/mol. The van der Waals surface area contributed by atoms with Gasteiger partial charge >= 0.3 is 0 Å². The number of halogens is 1. The molecule has 3 rings (SSSR count). The van der Waals surface area contributed by atoms with Crippen molar-refractivity contribution in [2.75, 3.05) is 6.54 Å². The van der Waals surface area contributed by atoms with Crippen molar-refractivity contribution in [3.05, 3.63) is 35.0 Å². The summed E-state index contributed by atoms with van der Waals surface area (Å²) in [6.07, 6.45) is 4.29. The second-order valence-electron chi connectivity index (χ2n) is 4.73. The number of para-hydroxylation sites is 1. The molecule has 1 fully saturated rings. The van der Waals surface area contributed by atoms with Crippen molar-refractivity contribution in [1.29, 1.82) is 0 Å². The molecule has 1 aliphatic heterocycles. The Morgan fingerprint density at radius 1 is 1.38 bits per heavy atom. The van der Waals surface area contributed by atoms with Crippen molar-refractivity contribution in [3.63, 3.8) is 0 Å². The molecule has 0 saturated carbocycles. The summed E-state index contributed by atoms with van der Waals surface area (Å²) in [5.41, 5.74) is 2.59. The van der Waals surface area contributed by atoms with Gasteiger partial charge in [-0.1, -0.05) is 29.8 Å². The highest BCUT2D eigenvalue weighted by Crippen LogP contribution is 2.36. The van der Waals surface area contributed by atoms with E-state index >= 15 is 0 Å². The zero-order valence-corrected chi connectivity index (χ0v) is 10.1. The topological polar surface area (TPSA) is 27.8 Å². The number of H-pyrrole nitrogens is 1. The first kappa shape index (κ1) is 10.2. The molecular weight excluding hydrogens is 220 g/mol. The van der Waals surface area contributed by atoms with Crippen molar-refractivity contribution in [2.45, 2.75) is 25.3 Å². The van der Waals surface area contributed by atoms with Crippen LogP contribution in [0.3, 0.4) is 0 Å². The van der Waals surface area contributed by atoms with E-state index in [1.165, 1.54) is 23.9 Å². The van der Waals surface area contributed by atoms with E-state index in [1.807, 2.05) is 6.20 Å². The number of nitrogens with one attached hydrogen (secondary N) is 2. The molecule has 0 spiro atoms. The SMILES string of the molecule is CC1(c2cccc3c(Cl)c[nH]c23)CCCN1. The van der Waals surface area contributed by atoms with Crippen LogP contribution in [0, 0.1) is 0 Å². The van der Waals surface area contributed by atoms with Gasteiger partial charge in [-0.25, -0.2) is 0 Å². The van der Waals surface area contributed by atoms with Crippen molar-refractivity contribution in [1.82, 2.24) is 10.3 Å². The fraction of sp³-hybridized carbons (Fsp3) is 0.385. The van der Waals surface area contributed by atoms with Crippen molar-refractivity contribution in [2.24, 2.45) is 0 Å². The standard InChI is InChI=1S/C13H15ClN2/c1-13(6-3-7-16-13)10-5-2-4-9-11(14)8-15-12(9)10/h2,4-5,8,15-16H,3,6-7H2,1H3.